The Morgan fingerprint density at radius 1 is 0.840 bits per heavy atom. The van der Waals surface area contributed by atoms with Crippen LogP contribution in [0.25, 0.3) is 0 Å². The van der Waals surface area contributed by atoms with Crippen molar-refractivity contribution < 1.29 is 9.47 Å². The molecule has 0 spiro atoms. The smallest absolute Gasteiger partial charge is 0.120 e. The maximum Gasteiger partial charge on any atom is 0.120 e. The summed E-state index contributed by atoms with van der Waals surface area (Å²) in [6, 6.07) is 18.3. The Morgan fingerprint density at radius 2 is 1.56 bits per heavy atom. The standard InChI is InChI=1S/C21H25NO2.ClH/c1-2-5-18(6-3-1)15-23-19-7-9-20(10-8-19)24-17-21-11-4-13-22(16-21)14-12-21;/h1-3,5-10H,4,11-17H2;1H. The average Bonchev–Trinajstić information content (AvgIpc) is 2.94. The Bertz CT molecular complexity index is 657. The van der Waals surface area contributed by atoms with E-state index in [1.807, 2.05) is 42.5 Å². The van der Waals surface area contributed by atoms with Gasteiger partial charge < -0.3 is 14.4 Å². The highest BCUT2D eigenvalue weighted by Crippen LogP contribution is 2.39. The maximum absolute atomic E-state index is 6.10. The summed E-state index contributed by atoms with van der Waals surface area (Å²) in [5.41, 5.74) is 1.57. The van der Waals surface area contributed by atoms with Crippen LogP contribution in [0.2, 0.25) is 0 Å². The zero-order valence-electron chi connectivity index (χ0n) is 14.5. The van der Waals surface area contributed by atoms with Gasteiger partial charge in [-0.2, -0.15) is 0 Å². The zero-order chi connectivity index (χ0) is 16.2. The van der Waals surface area contributed by atoms with Crippen LogP contribution in [0.15, 0.2) is 54.6 Å². The summed E-state index contributed by atoms with van der Waals surface area (Å²) >= 11 is 0. The molecule has 2 bridgehead atoms. The van der Waals surface area contributed by atoms with Crippen molar-refractivity contribution in [2.24, 2.45) is 5.41 Å². The summed E-state index contributed by atoms with van der Waals surface area (Å²) < 4.78 is 11.9. The van der Waals surface area contributed by atoms with Gasteiger partial charge in [0.05, 0.1) is 6.61 Å². The summed E-state index contributed by atoms with van der Waals surface area (Å²) in [5.74, 6) is 1.83. The molecule has 0 N–H and O–H groups in total. The number of nitrogens with zero attached hydrogens (tertiary/aromatic N) is 1. The Morgan fingerprint density at radius 3 is 2.32 bits per heavy atom. The number of benzene rings is 2. The van der Waals surface area contributed by atoms with Crippen molar-refractivity contribution in [1.82, 2.24) is 4.90 Å². The molecule has 2 heterocycles. The molecule has 2 aliphatic rings. The van der Waals surface area contributed by atoms with E-state index in [-0.39, 0.29) is 12.4 Å². The van der Waals surface area contributed by atoms with Crippen molar-refractivity contribution in [2.45, 2.75) is 25.9 Å². The number of rotatable bonds is 6. The van der Waals surface area contributed by atoms with Gasteiger partial charge in [0.25, 0.3) is 0 Å². The van der Waals surface area contributed by atoms with Crippen LogP contribution >= 0.6 is 12.4 Å². The molecular weight excluding hydrogens is 334 g/mol. The van der Waals surface area contributed by atoms with Crippen molar-refractivity contribution in [1.29, 1.82) is 0 Å². The van der Waals surface area contributed by atoms with Gasteiger partial charge in [0, 0.05) is 12.0 Å². The van der Waals surface area contributed by atoms with E-state index in [1.54, 1.807) is 0 Å². The van der Waals surface area contributed by atoms with E-state index in [2.05, 4.69) is 17.0 Å². The van der Waals surface area contributed by atoms with Gasteiger partial charge in [0.2, 0.25) is 0 Å². The van der Waals surface area contributed by atoms with E-state index in [1.165, 1.54) is 44.5 Å². The van der Waals surface area contributed by atoms with Crippen molar-refractivity contribution >= 4 is 12.4 Å². The molecule has 2 unspecified atom stereocenters. The average molecular weight is 360 g/mol. The van der Waals surface area contributed by atoms with Crippen LogP contribution in [-0.2, 0) is 6.61 Å². The van der Waals surface area contributed by atoms with Gasteiger partial charge in [-0.15, -0.1) is 12.4 Å². The minimum absolute atomic E-state index is 0. The molecule has 2 aliphatic heterocycles. The summed E-state index contributed by atoms with van der Waals surface area (Å²) in [6.07, 6.45) is 3.91. The summed E-state index contributed by atoms with van der Waals surface area (Å²) in [4.78, 5) is 2.58. The second-order valence-corrected chi connectivity index (χ2v) is 7.16. The van der Waals surface area contributed by atoms with Crippen molar-refractivity contribution in [3.05, 3.63) is 60.2 Å². The molecule has 0 amide bonds. The Hall–Kier alpha value is -1.71. The van der Waals surface area contributed by atoms with E-state index in [9.17, 15) is 0 Å². The third-order valence-electron chi connectivity index (χ3n) is 5.32. The first-order valence-electron chi connectivity index (χ1n) is 8.93. The van der Waals surface area contributed by atoms with Crippen LogP contribution in [0.1, 0.15) is 24.8 Å². The summed E-state index contributed by atoms with van der Waals surface area (Å²) in [5, 5.41) is 0. The third-order valence-corrected chi connectivity index (χ3v) is 5.32. The first-order chi connectivity index (χ1) is 11.8. The third kappa shape index (κ3) is 4.47. The van der Waals surface area contributed by atoms with Gasteiger partial charge in [-0.1, -0.05) is 30.3 Å². The van der Waals surface area contributed by atoms with E-state index in [0.29, 0.717) is 12.0 Å². The number of piperidine rings is 1. The Balaban J connectivity index is 0.00000182. The maximum atomic E-state index is 6.10. The lowest BCUT2D eigenvalue weighted by molar-refractivity contribution is 0.107. The lowest BCUT2D eigenvalue weighted by Gasteiger charge is -2.33. The van der Waals surface area contributed by atoms with E-state index in [0.717, 1.165) is 18.1 Å². The van der Waals surface area contributed by atoms with Crippen LogP contribution in [0.5, 0.6) is 11.5 Å². The van der Waals surface area contributed by atoms with Crippen LogP contribution in [0.4, 0.5) is 0 Å². The van der Waals surface area contributed by atoms with Crippen molar-refractivity contribution in [2.75, 3.05) is 26.2 Å². The number of ether oxygens (including phenoxy) is 2. The van der Waals surface area contributed by atoms with E-state index >= 15 is 0 Å². The molecule has 2 aromatic rings. The molecule has 0 aromatic heterocycles. The van der Waals surface area contributed by atoms with E-state index < -0.39 is 0 Å². The highest BCUT2D eigenvalue weighted by Gasteiger charge is 2.41. The van der Waals surface area contributed by atoms with Gasteiger partial charge >= 0.3 is 0 Å². The van der Waals surface area contributed by atoms with E-state index in [4.69, 9.17) is 9.47 Å². The number of hydrogen-bond donors (Lipinski definition) is 0. The topological polar surface area (TPSA) is 21.7 Å². The summed E-state index contributed by atoms with van der Waals surface area (Å²) in [7, 11) is 0. The van der Waals surface area contributed by atoms with Gasteiger partial charge in [0.1, 0.15) is 18.1 Å². The van der Waals surface area contributed by atoms with Crippen LogP contribution in [-0.4, -0.2) is 31.1 Å². The molecule has 3 nitrogen and oxygen atoms in total. The molecule has 4 rings (SSSR count). The molecule has 25 heavy (non-hydrogen) atoms. The van der Waals surface area contributed by atoms with Crippen molar-refractivity contribution in [3.8, 4) is 11.5 Å². The largest absolute Gasteiger partial charge is 0.493 e. The van der Waals surface area contributed by atoms with Gasteiger partial charge in [-0.05, 0) is 62.2 Å². The number of fused-ring (bicyclic) bond motifs is 2. The predicted octanol–water partition coefficient (Wildman–Crippen LogP) is 4.55. The lowest BCUT2D eigenvalue weighted by Crippen LogP contribution is -2.37. The van der Waals surface area contributed by atoms with Crippen molar-refractivity contribution in [3.63, 3.8) is 0 Å². The fourth-order valence-electron chi connectivity index (χ4n) is 3.90. The van der Waals surface area contributed by atoms with Crippen LogP contribution in [0.3, 0.4) is 0 Å². The fraction of sp³-hybridized carbons (Fsp3) is 0.429. The first-order valence-corrected chi connectivity index (χ1v) is 8.93. The minimum Gasteiger partial charge on any atom is -0.493 e. The predicted molar refractivity (Wildman–Crippen MR) is 103 cm³/mol. The normalized spacial score (nSPS) is 24.4. The highest BCUT2D eigenvalue weighted by atomic mass is 35.5. The SMILES string of the molecule is Cl.c1ccc(COc2ccc(OCC34CCCN(CC3)C4)cc2)cc1. The molecule has 4 heteroatoms. The lowest BCUT2D eigenvalue weighted by atomic mass is 9.82. The quantitative estimate of drug-likeness (QED) is 0.755. The molecule has 0 radical (unpaired) electrons. The van der Waals surface area contributed by atoms with Gasteiger partial charge in [-0.3, -0.25) is 0 Å². The molecule has 2 fully saturated rings. The zero-order valence-corrected chi connectivity index (χ0v) is 15.3. The minimum atomic E-state index is 0. The van der Waals surface area contributed by atoms with Crippen LogP contribution < -0.4 is 9.47 Å². The molecule has 134 valence electrons. The summed E-state index contributed by atoms with van der Waals surface area (Å²) in [6.45, 7) is 5.17. The van der Waals surface area contributed by atoms with Gasteiger partial charge in [-0.25, -0.2) is 0 Å². The van der Waals surface area contributed by atoms with Crippen LogP contribution in [0, 0.1) is 5.41 Å². The molecule has 0 aliphatic carbocycles. The molecule has 2 saturated heterocycles. The Kier molecular flexibility index (Phi) is 5.87. The number of hydrogen-bond acceptors (Lipinski definition) is 3. The first kappa shape index (κ1) is 18.1. The Labute approximate surface area is 156 Å². The molecule has 2 atom stereocenters. The fourth-order valence-corrected chi connectivity index (χ4v) is 3.90. The second kappa shape index (κ2) is 8.11. The van der Waals surface area contributed by atoms with Gasteiger partial charge in [0.15, 0.2) is 0 Å². The monoisotopic (exact) mass is 359 g/mol. The number of halogens is 1. The highest BCUT2D eigenvalue weighted by molar-refractivity contribution is 5.85. The molecule has 2 aromatic carbocycles. The molecular formula is C21H26ClNO2. The molecule has 0 saturated carbocycles. The second-order valence-electron chi connectivity index (χ2n) is 7.16.